The van der Waals surface area contributed by atoms with Crippen LogP contribution in [0.2, 0.25) is 0 Å². The Morgan fingerprint density at radius 2 is 1.95 bits per heavy atom. The third kappa shape index (κ3) is 6.02. The molecule has 0 saturated heterocycles. The Hall–Kier alpha value is -0.450. The Morgan fingerprint density at radius 3 is 2.47 bits per heavy atom. The van der Waals surface area contributed by atoms with E-state index in [1.807, 2.05) is 0 Å². The molecular formula is C15H28N2OS. The van der Waals surface area contributed by atoms with Crippen molar-refractivity contribution in [3.63, 3.8) is 0 Å². The highest BCUT2D eigenvalue weighted by molar-refractivity contribution is 7.09. The van der Waals surface area contributed by atoms with Gasteiger partial charge in [0.05, 0.1) is 17.3 Å². The van der Waals surface area contributed by atoms with Gasteiger partial charge in [0, 0.05) is 37.4 Å². The molecule has 4 heteroatoms. The van der Waals surface area contributed by atoms with Crippen molar-refractivity contribution in [2.75, 3.05) is 26.8 Å². The molecule has 1 aromatic rings. The Labute approximate surface area is 121 Å². The molecule has 0 spiro atoms. The normalized spacial score (nSPS) is 12.9. The van der Waals surface area contributed by atoms with E-state index in [1.54, 1.807) is 18.4 Å². The molecule has 3 nitrogen and oxygen atoms in total. The average molecular weight is 284 g/mol. The van der Waals surface area contributed by atoms with E-state index in [4.69, 9.17) is 9.72 Å². The minimum atomic E-state index is 0.148. The van der Waals surface area contributed by atoms with Crippen molar-refractivity contribution in [1.82, 2.24) is 10.3 Å². The maximum atomic E-state index is 5.04. The van der Waals surface area contributed by atoms with Crippen molar-refractivity contribution >= 4 is 11.3 Å². The fraction of sp³-hybridized carbons (Fsp3) is 0.800. The van der Waals surface area contributed by atoms with Crippen LogP contribution in [0.5, 0.6) is 0 Å². The quantitative estimate of drug-likeness (QED) is 0.781. The summed E-state index contributed by atoms with van der Waals surface area (Å²) in [5.74, 6) is 0. The maximum absolute atomic E-state index is 5.04. The molecule has 1 rings (SSSR count). The summed E-state index contributed by atoms with van der Waals surface area (Å²) >= 11 is 1.78. The summed E-state index contributed by atoms with van der Waals surface area (Å²) in [4.78, 5) is 4.78. The summed E-state index contributed by atoms with van der Waals surface area (Å²) in [6.45, 7) is 13.9. The van der Waals surface area contributed by atoms with E-state index in [2.05, 4.69) is 45.3 Å². The van der Waals surface area contributed by atoms with Gasteiger partial charge >= 0.3 is 0 Å². The van der Waals surface area contributed by atoms with Gasteiger partial charge in [0.2, 0.25) is 0 Å². The topological polar surface area (TPSA) is 34.1 Å². The zero-order valence-corrected chi connectivity index (χ0v) is 14.0. The first-order chi connectivity index (χ1) is 8.74. The van der Waals surface area contributed by atoms with Crippen molar-refractivity contribution < 1.29 is 4.74 Å². The number of hydrogen-bond acceptors (Lipinski definition) is 4. The average Bonchev–Trinajstić information content (AvgIpc) is 2.72. The lowest BCUT2D eigenvalue weighted by molar-refractivity contribution is 0.194. The number of aromatic nitrogens is 1. The van der Waals surface area contributed by atoms with Crippen molar-refractivity contribution in [3.05, 3.63) is 16.1 Å². The van der Waals surface area contributed by atoms with E-state index in [1.165, 1.54) is 10.7 Å². The maximum Gasteiger partial charge on any atom is 0.0934 e. The summed E-state index contributed by atoms with van der Waals surface area (Å²) < 4.78 is 5.04. The van der Waals surface area contributed by atoms with E-state index in [0.717, 1.165) is 26.1 Å². The predicted molar refractivity (Wildman–Crippen MR) is 83.0 cm³/mol. The van der Waals surface area contributed by atoms with Crippen LogP contribution >= 0.6 is 11.3 Å². The van der Waals surface area contributed by atoms with Gasteiger partial charge in [-0.15, -0.1) is 11.3 Å². The van der Waals surface area contributed by atoms with E-state index < -0.39 is 0 Å². The van der Waals surface area contributed by atoms with Gasteiger partial charge in [0.1, 0.15) is 0 Å². The molecular weight excluding hydrogens is 256 g/mol. The van der Waals surface area contributed by atoms with Crippen LogP contribution in [0.15, 0.2) is 5.38 Å². The van der Waals surface area contributed by atoms with Gasteiger partial charge in [-0.3, -0.25) is 0 Å². The van der Waals surface area contributed by atoms with Gasteiger partial charge < -0.3 is 10.1 Å². The number of hydrogen-bond donors (Lipinski definition) is 1. The van der Waals surface area contributed by atoms with Crippen LogP contribution in [0.4, 0.5) is 0 Å². The molecule has 0 radical (unpaired) electrons. The van der Waals surface area contributed by atoms with Gasteiger partial charge in [-0.1, -0.05) is 34.6 Å². The lowest BCUT2D eigenvalue weighted by Gasteiger charge is -2.24. The fourth-order valence-corrected chi connectivity index (χ4v) is 3.09. The van der Waals surface area contributed by atoms with Crippen LogP contribution in [0.1, 0.15) is 45.3 Å². The molecule has 0 aromatic carbocycles. The number of thiazole rings is 1. The first-order valence-electron chi connectivity index (χ1n) is 6.89. The first kappa shape index (κ1) is 16.6. The molecule has 0 unspecified atom stereocenters. The SMILES string of the molecule is COCCNCC(C)(C)Cc1nc(C(C)(C)C)cs1. The van der Waals surface area contributed by atoms with E-state index >= 15 is 0 Å². The van der Waals surface area contributed by atoms with Crippen LogP contribution in [0.25, 0.3) is 0 Å². The van der Waals surface area contributed by atoms with Crippen molar-refractivity contribution in [2.24, 2.45) is 5.41 Å². The summed E-state index contributed by atoms with van der Waals surface area (Å²) in [6.07, 6.45) is 1.02. The van der Waals surface area contributed by atoms with Crippen molar-refractivity contribution in [1.29, 1.82) is 0 Å². The molecule has 0 bridgehead atoms. The standard InChI is InChI=1S/C15H28N2OS/c1-14(2,3)12-10-19-13(17-12)9-15(4,5)11-16-7-8-18-6/h10,16H,7-9,11H2,1-6H3. The zero-order chi connectivity index (χ0) is 14.5. The number of rotatable bonds is 7. The Bertz CT molecular complexity index is 380. The highest BCUT2D eigenvalue weighted by Gasteiger charge is 2.22. The van der Waals surface area contributed by atoms with Crippen LogP contribution < -0.4 is 5.32 Å². The third-order valence-electron chi connectivity index (χ3n) is 3.04. The number of nitrogens with zero attached hydrogens (tertiary/aromatic N) is 1. The second kappa shape index (κ2) is 6.82. The van der Waals surface area contributed by atoms with Crippen LogP contribution in [0.3, 0.4) is 0 Å². The lowest BCUT2D eigenvalue weighted by Crippen LogP contribution is -2.33. The summed E-state index contributed by atoms with van der Waals surface area (Å²) in [5, 5.41) is 6.87. The molecule has 0 amide bonds. The minimum Gasteiger partial charge on any atom is -0.383 e. The molecule has 0 aliphatic rings. The second-order valence-electron chi connectivity index (χ2n) is 6.89. The van der Waals surface area contributed by atoms with Gasteiger partial charge in [-0.2, -0.15) is 0 Å². The number of methoxy groups -OCH3 is 1. The predicted octanol–water partition coefficient (Wildman–Crippen LogP) is 3.25. The molecule has 0 saturated carbocycles. The molecule has 0 aliphatic heterocycles. The van der Waals surface area contributed by atoms with E-state index in [9.17, 15) is 0 Å². The molecule has 0 atom stereocenters. The Balaban J connectivity index is 2.50. The van der Waals surface area contributed by atoms with Crippen LogP contribution in [-0.2, 0) is 16.6 Å². The molecule has 1 aromatic heterocycles. The molecule has 1 N–H and O–H groups in total. The number of nitrogens with one attached hydrogen (secondary N) is 1. The third-order valence-corrected chi connectivity index (χ3v) is 3.89. The second-order valence-corrected chi connectivity index (χ2v) is 7.83. The highest BCUT2D eigenvalue weighted by Crippen LogP contribution is 2.28. The molecule has 1 heterocycles. The summed E-state index contributed by atoms with van der Waals surface area (Å²) in [7, 11) is 1.73. The van der Waals surface area contributed by atoms with Crippen molar-refractivity contribution in [2.45, 2.75) is 46.5 Å². The molecule has 0 fully saturated rings. The Kier molecular flexibility index (Phi) is 5.96. The highest BCUT2D eigenvalue weighted by atomic mass is 32.1. The van der Waals surface area contributed by atoms with E-state index in [0.29, 0.717) is 0 Å². The first-order valence-corrected chi connectivity index (χ1v) is 7.77. The molecule has 110 valence electrons. The summed E-state index contributed by atoms with van der Waals surface area (Å²) in [6, 6.07) is 0. The van der Waals surface area contributed by atoms with Gasteiger partial charge in [-0.05, 0) is 5.41 Å². The van der Waals surface area contributed by atoms with Gasteiger partial charge in [-0.25, -0.2) is 4.98 Å². The minimum absolute atomic E-state index is 0.148. The van der Waals surface area contributed by atoms with E-state index in [-0.39, 0.29) is 10.8 Å². The van der Waals surface area contributed by atoms with Crippen LogP contribution in [-0.4, -0.2) is 31.8 Å². The summed E-state index contributed by atoms with van der Waals surface area (Å²) in [5.41, 5.74) is 1.58. The Morgan fingerprint density at radius 1 is 1.26 bits per heavy atom. The van der Waals surface area contributed by atoms with Gasteiger partial charge in [0.25, 0.3) is 0 Å². The van der Waals surface area contributed by atoms with Crippen LogP contribution in [0, 0.1) is 5.41 Å². The zero-order valence-electron chi connectivity index (χ0n) is 13.2. The fourth-order valence-electron chi connectivity index (χ4n) is 1.81. The molecule has 0 aliphatic carbocycles. The number of ether oxygens (including phenoxy) is 1. The van der Waals surface area contributed by atoms with Crippen molar-refractivity contribution in [3.8, 4) is 0 Å². The smallest absolute Gasteiger partial charge is 0.0934 e. The van der Waals surface area contributed by atoms with Gasteiger partial charge in [0.15, 0.2) is 0 Å². The molecule has 19 heavy (non-hydrogen) atoms. The monoisotopic (exact) mass is 284 g/mol. The lowest BCUT2D eigenvalue weighted by atomic mass is 9.89. The largest absolute Gasteiger partial charge is 0.383 e.